The second-order valence-corrected chi connectivity index (χ2v) is 5.80. The number of aliphatic hydroxyl groups excluding tert-OH is 1. The van der Waals surface area contributed by atoms with Crippen molar-refractivity contribution in [3.63, 3.8) is 0 Å². The summed E-state index contributed by atoms with van der Waals surface area (Å²) in [5, 5.41) is 9.75. The molecular formula is C15H28O3. The Morgan fingerprint density at radius 1 is 1.11 bits per heavy atom. The molecule has 2 aliphatic carbocycles. The fourth-order valence-corrected chi connectivity index (χ4v) is 3.21. The fourth-order valence-electron chi connectivity index (χ4n) is 3.21. The molecular weight excluding hydrogens is 228 g/mol. The average Bonchev–Trinajstić information content (AvgIpc) is 2.39. The normalized spacial score (nSPS) is 40.5. The molecule has 0 aromatic carbocycles. The van der Waals surface area contributed by atoms with Crippen LogP contribution < -0.4 is 0 Å². The van der Waals surface area contributed by atoms with Crippen LogP contribution in [0.3, 0.4) is 0 Å². The highest BCUT2D eigenvalue weighted by atomic mass is 16.6. The Hall–Kier alpha value is -0.120. The Kier molecular flexibility index (Phi) is 5.46. The first-order valence-corrected chi connectivity index (χ1v) is 7.71. The Balaban J connectivity index is 1.80. The van der Waals surface area contributed by atoms with Crippen molar-refractivity contribution < 1.29 is 14.6 Å². The molecule has 1 N–H and O–H groups in total. The molecule has 2 rings (SSSR count). The van der Waals surface area contributed by atoms with E-state index in [-0.39, 0.29) is 18.3 Å². The van der Waals surface area contributed by atoms with E-state index in [0.717, 1.165) is 19.4 Å². The Bertz CT molecular complexity index is 244. The Morgan fingerprint density at radius 3 is 2.56 bits per heavy atom. The van der Waals surface area contributed by atoms with Crippen molar-refractivity contribution in [3.8, 4) is 0 Å². The SMILES string of the molecule is CCCOC1C(O)CC1OC1CCCCC1CC. The van der Waals surface area contributed by atoms with Crippen molar-refractivity contribution in [2.24, 2.45) is 5.92 Å². The lowest BCUT2D eigenvalue weighted by Gasteiger charge is -2.44. The maximum Gasteiger partial charge on any atom is 0.110 e. The molecule has 0 saturated heterocycles. The lowest BCUT2D eigenvalue weighted by atomic mass is 9.83. The van der Waals surface area contributed by atoms with E-state index < -0.39 is 0 Å². The van der Waals surface area contributed by atoms with E-state index in [4.69, 9.17) is 9.47 Å². The summed E-state index contributed by atoms with van der Waals surface area (Å²) >= 11 is 0. The highest BCUT2D eigenvalue weighted by molar-refractivity contribution is 4.93. The van der Waals surface area contributed by atoms with Crippen molar-refractivity contribution >= 4 is 0 Å². The average molecular weight is 256 g/mol. The summed E-state index contributed by atoms with van der Waals surface area (Å²) in [6.45, 7) is 5.08. The zero-order chi connectivity index (χ0) is 13.0. The van der Waals surface area contributed by atoms with Gasteiger partial charge in [0, 0.05) is 13.0 Å². The van der Waals surface area contributed by atoms with Gasteiger partial charge >= 0.3 is 0 Å². The molecule has 0 bridgehead atoms. The summed E-state index contributed by atoms with van der Waals surface area (Å²) in [5.41, 5.74) is 0. The number of hydrogen-bond acceptors (Lipinski definition) is 3. The van der Waals surface area contributed by atoms with Gasteiger partial charge in [0.05, 0.1) is 18.3 Å². The van der Waals surface area contributed by atoms with Gasteiger partial charge in [0.2, 0.25) is 0 Å². The summed E-state index contributed by atoms with van der Waals surface area (Å²) in [5.74, 6) is 0.711. The molecule has 0 amide bonds. The minimum absolute atomic E-state index is 0.0793. The van der Waals surface area contributed by atoms with Crippen molar-refractivity contribution in [1.29, 1.82) is 0 Å². The molecule has 2 aliphatic rings. The predicted octanol–water partition coefficient (Wildman–Crippen LogP) is 2.90. The standard InChI is InChI=1S/C15H28O3/c1-3-9-17-15-12(16)10-14(15)18-13-8-6-5-7-11(13)4-2/h11-16H,3-10H2,1-2H3. The smallest absolute Gasteiger partial charge is 0.110 e. The van der Waals surface area contributed by atoms with E-state index in [1.54, 1.807) is 0 Å². The van der Waals surface area contributed by atoms with Crippen LogP contribution in [0.5, 0.6) is 0 Å². The van der Waals surface area contributed by atoms with Gasteiger partial charge in [0.1, 0.15) is 6.10 Å². The van der Waals surface area contributed by atoms with Crippen LogP contribution in [0.15, 0.2) is 0 Å². The molecule has 5 unspecified atom stereocenters. The molecule has 106 valence electrons. The van der Waals surface area contributed by atoms with E-state index in [0.29, 0.717) is 12.0 Å². The molecule has 2 fully saturated rings. The van der Waals surface area contributed by atoms with Crippen molar-refractivity contribution in [1.82, 2.24) is 0 Å². The van der Waals surface area contributed by atoms with E-state index in [1.165, 1.54) is 32.1 Å². The highest BCUT2D eigenvalue weighted by Gasteiger charge is 2.43. The molecule has 0 aliphatic heterocycles. The summed E-state index contributed by atoms with van der Waals surface area (Å²) in [7, 11) is 0. The molecule has 3 nitrogen and oxygen atoms in total. The number of hydrogen-bond donors (Lipinski definition) is 1. The van der Waals surface area contributed by atoms with E-state index in [2.05, 4.69) is 13.8 Å². The third-order valence-electron chi connectivity index (χ3n) is 4.45. The van der Waals surface area contributed by atoms with Gasteiger partial charge in [0.25, 0.3) is 0 Å². The zero-order valence-corrected chi connectivity index (χ0v) is 11.8. The van der Waals surface area contributed by atoms with Crippen molar-refractivity contribution in [3.05, 3.63) is 0 Å². The van der Waals surface area contributed by atoms with Crippen LogP contribution in [-0.4, -0.2) is 36.1 Å². The van der Waals surface area contributed by atoms with Gasteiger partial charge in [-0.3, -0.25) is 0 Å². The minimum Gasteiger partial charge on any atom is -0.390 e. The molecule has 0 spiro atoms. The van der Waals surface area contributed by atoms with Gasteiger partial charge in [-0.2, -0.15) is 0 Å². The van der Waals surface area contributed by atoms with Crippen LogP contribution in [0.25, 0.3) is 0 Å². The molecule has 2 saturated carbocycles. The largest absolute Gasteiger partial charge is 0.390 e. The molecule has 18 heavy (non-hydrogen) atoms. The monoisotopic (exact) mass is 256 g/mol. The molecule has 5 atom stereocenters. The summed E-state index contributed by atoms with van der Waals surface area (Å²) < 4.78 is 11.9. The topological polar surface area (TPSA) is 38.7 Å². The highest BCUT2D eigenvalue weighted by Crippen LogP contribution is 2.35. The van der Waals surface area contributed by atoms with E-state index in [1.807, 2.05) is 0 Å². The van der Waals surface area contributed by atoms with Gasteiger partial charge < -0.3 is 14.6 Å². The Morgan fingerprint density at radius 2 is 1.89 bits per heavy atom. The van der Waals surface area contributed by atoms with Crippen molar-refractivity contribution in [2.75, 3.05) is 6.61 Å². The van der Waals surface area contributed by atoms with Gasteiger partial charge in [-0.05, 0) is 25.2 Å². The summed E-state index contributed by atoms with van der Waals surface area (Å²) in [6.07, 6.45) is 8.21. The second-order valence-electron chi connectivity index (χ2n) is 5.80. The number of ether oxygens (including phenoxy) is 2. The molecule has 3 heteroatoms. The lowest BCUT2D eigenvalue weighted by Crippen LogP contribution is -2.55. The second kappa shape index (κ2) is 6.88. The first-order valence-electron chi connectivity index (χ1n) is 7.71. The predicted molar refractivity (Wildman–Crippen MR) is 71.6 cm³/mol. The zero-order valence-electron chi connectivity index (χ0n) is 11.8. The van der Waals surface area contributed by atoms with Crippen LogP contribution in [0.1, 0.15) is 58.8 Å². The molecule has 0 aromatic rings. The molecule has 0 heterocycles. The molecule has 0 aromatic heterocycles. The maximum atomic E-state index is 9.75. The first-order chi connectivity index (χ1) is 8.76. The Labute approximate surface area is 111 Å². The van der Waals surface area contributed by atoms with E-state index in [9.17, 15) is 5.11 Å². The van der Waals surface area contributed by atoms with Gasteiger partial charge in [-0.1, -0.05) is 33.1 Å². The van der Waals surface area contributed by atoms with Gasteiger partial charge in [0.15, 0.2) is 0 Å². The molecule has 0 radical (unpaired) electrons. The third kappa shape index (κ3) is 3.25. The van der Waals surface area contributed by atoms with E-state index >= 15 is 0 Å². The van der Waals surface area contributed by atoms with Crippen LogP contribution in [0.2, 0.25) is 0 Å². The van der Waals surface area contributed by atoms with Gasteiger partial charge in [-0.25, -0.2) is 0 Å². The summed E-state index contributed by atoms with van der Waals surface area (Å²) in [6, 6.07) is 0. The van der Waals surface area contributed by atoms with Crippen LogP contribution in [0, 0.1) is 5.92 Å². The van der Waals surface area contributed by atoms with Crippen LogP contribution in [0.4, 0.5) is 0 Å². The minimum atomic E-state index is -0.315. The third-order valence-corrected chi connectivity index (χ3v) is 4.45. The fraction of sp³-hybridized carbons (Fsp3) is 1.00. The first kappa shape index (κ1) is 14.3. The maximum absolute atomic E-state index is 9.75. The quantitative estimate of drug-likeness (QED) is 0.794. The number of rotatable bonds is 6. The van der Waals surface area contributed by atoms with Crippen molar-refractivity contribution in [2.45, 2.75) is 83.2 Å². The van der Waals surface area contributed by atoms with Crippen LogP contribution in [-0.2, 0) is 9.47 Å². The van der Waals surface area contributed by atoms with Crippen LogP contribution >= 0.6 is 0 Å². The summed E-state index contributed by atoms with van der Waals surface area (Å²) in [4.78, 5) is 0. The lowest BCUT2D eigenvalue weighted by molar-refractivity contribution is -0.217. The number of aliphatic hydroxyl groups is 1. The van der Waals surface area contributed by atoms with Gasteiger partial charge in [-0.15, -0.1) is 0 Å².